The molecule has 0 aliphatic rings. The zero-order valence-electron chi connectivity index (χ0n) is 13.8. The second-order valence-corrected chi connectivity index (χ2v) is 5.65. The molecule has 5 heteroatoms. The minimum atomic E-state index is -0.462. The maximum Gasteiger partial charge on any atom is 0.415 e. The smallest absolute Gasteiger partial charge is 0.410 e. The van der Waals surface area contributed by atoms with E-state index in [0.717, 1.165) is 16.3 Å². The van der Waals surface area contributed by atoms with Gasteiger partial charge in [0.2, 0.25) is 6.41 Å². The van der Waals surface area contributed by atoms with E-state index in [1.807, 2.05) is 42.5 Å². The molecule has 3 rings (SSSR count). The third kappa shape index (κ3) is 3.95. The topological polar surface area (TPSA) is 58.6 Å². The van der Waals surface area contributed by atoms with Crippen LogP contribution in [0.2, 0.25) is 0 Å². The van der Waals surface area contributed by atoms with Crippen LogP contribution in [-0.4, -0.2) is 24.5 Å². The normalized spacial score (nSPS) is 10.3. The Morgan fingerprint density at radius 2 is 1.84 bits per heavy atom. The van der Waals surface area contributed by atoms with Crippen LogP contribution in [0.3, 0.4) is 0 Å². The Balaban J connectivity index is 1.72. The van der Waals surface area contributed by atoms with Gasteiger partial charge in [-0.2, -0.15) is 0 Å². The van der Waals surface area contributed by atoms with Crippen LogP contribution in [0, 0.1) is 0 Å². The summed E-state index contributed by atoms with van der Waals surface area (Å²) in [4.78, 5) is 24.4. The van der Waals surface area contributed by atoms with Crippen molar-refractivity contribution in [3.8, 4) is 5.75 Å². The van der Waals surface area contributed by atoms with E-state index < -0.39 is 6.09 Å². The van der Waals surface area contributed by atoms with Crippen molar-refractivity contribution in [2.75, 3.05) is 12.4 Å². The molecule has 5 nitrogen and oxygen atoms in total. The van der Waals surface area contributed by atoms with Gasteiger partial charge >= 0.3 is 6.09 Å². The molecule has 0 heterocycles. The van der Waals surface area contributed by atoms with E-state index in [9.17, 15) is 9.59 Å². The summed E-state index contributed by atoms with van der Waals surface area (Å²) in [5.74, 6) is 0.376. The molecule has 3 aromatic rings. The van der Waals surface area contributed by atoms with Crippen LogP contribution < -0.4 is 10.1 Å². The predicted octanol–water partition coefficient (Wildman–Crippen LogP) is 4.04. The van der Waals surface area contributed by atoms with Crippen LogP contribution in [0.15, 0.2) is 66.7 Å². The number of nitrogens with one attached hydrogen (secondary N) is 1. The monoisotopic (exact) mass is 334 g/mol. The Morgan fingerprint density at radius 3 is 2.68 bits per heavy atom. The van der Waals surface area contributed by atoms with Crippen LogP contribution in [0.25, 0.3) is 10.8 Å². The van der Waals surface area contributed by atoms with Crippen molar-refractivity contribution in [2.45, 2.75) is 6.54 Å². The Hall–Kier alpha value is -3.34. The molecular formula is C20H18N2O3. The number of nitrogens with zero attached hydrogens (tertiary/aromatic N) is 1. The van der Waals surface area contributed by atoms with Crippen molar-refractivity contribution >= 4 is 29.0 Å². The number of rotatable bonds is 5. The molecule has 25 heavy (non-hydrogen) atoms. The van der Waals surface area contributed by atoms with E-state index in [1.54, 1.807) is 31.3 Å². The van der Waals surface area contributed by atoms with Crippen molar-refractivity contribution < 1.29 is 14.3 Å². The summed E-state index contributed by atoms with van der Waals surface area (Å²) in [6.45, 7) is 0.437. The highest BCUT2D eigenvalue weighted by Gasteiger charge is 2.13. The van der Waals surface area contributed by atoms with Crippen LogP contribution in [0.5, 0.6) is 5.75 Å². The lowest BCUT2D eigenvalue weighted by atomic mass is 10.0. The van der Waals surface area contributed by atoms with Crippen molar-refractivity contribution in [3.05, 3.63) is 72.3 Å². The van der Waals surface area contributed by atoms with E-state index in [1.165, 1.54) is 4.90 Å². The number of anilines is 1. The SMILES string of the molecule is CN(Cc1cccc2ccccc12)C(=O)Oc1cccc(NC=O)c1. The maximum absolute atomic E-state index is 12.3. The lowest BCUT2D eigenvalue weighted by Crippen LogP contribution is -2.29. The highest BCUT2D eigenvalue weighted by molar-refractivity contribution is 5.86. The first-order valence-corrected chi connectivity index (χ1v) is 7.87. The lowest BCUT2D eigenvalue weighted by Gasteiger charge is -2.18. The minimum Gasteiger partial charge on any atom is -0.410 e. The number of ether oxygens (including phenoxy) is 1. The molecule has 0 atom stereocenters. The quantitative estimate of drug-likeness (QED) is 0.717. The standard InChI is InChI=1S/C20H18N2O3/c1-22(13-16-8-4-7-15-6-2-3-11-19(15)16)20(24)25-18-10-5-9-17(12-18)21-14-23/h2-12,14H,13H2,1H3,(H,21,23). The Kier molecular flexibility index (Phi) is 4.95. The van der Waals surface area contributed by atoms with Gasteiger partial charge in [0, 0.05) is 25.3 Å². The van der Waals surface area contributed by atoms with Gasteiger partial charge in [0.15, 0.2) is 0 Å². The van der Waals surface area contributed by atoms with E-state index in [2.05, 4.69) is 5.32 Å². The summed E-state index contributed by atoms with van der Waals surface area (Å²) in [6.07, 6.45) is 0.115. The summed E-state index contributed by atoms with van der Waals surface area (Å²) in [5, 5.41) is 4.77. The van der Waals surface area contributed by atoms with E-state index in [0.29, 0.717) is 24.4 Å². The van der Waals surface area contributed by atoms with Gasteiger partial charge < -0.3 is 15.0 Å². The molecule has 126 valence electrons. The van der Waals surface area contributed by atoms with Gasteiger partial charge in [-0.15, -0.1) is 0 Å². The van der Waals surface area contributed by atoms with Gasteiger partial charge in [-0.1, -0.05) is 48.5 Å². The fourth-order valence-electron chi connectivity index (χ4n) is 2.65. The number of benzene rings is 3. The highest BCUT2D eigenvalue weighted by Crippen LogP contribution is 2.21. The van der Waals surface area contributed by atoms with Gasteiger partial charge in [-0.25, -0.2) is 4.79 Å². The first-order chi connectivity index (χ1) is 12.2. The van der Waals surface area contributed by atoms with Crippen molar-refractivity contribution in [2.24, 2.45) is 0 Å². The molecule has 0 fully saturated rings. The van der Waals surface area contributed by atoms with Crippen LogP contribution >= 0.6 is 0 Å². The number of fused-ring (bicyclic) bond motifs is 1. The summed E-state index contributed by atoms with van der Waals surface area (Å²) in [7, 11) is 1.69. The molecule has 2 amide bonds. The first-order valence-electron chi connectivity index (χ1n) is 7.87. The molecule has 0 aliphatic heterocycles. The third-order valence-corrected chi connectivity index (χ3v) is 3.86. The molecule has 1 N–H and O–H groups in total. The van der Waals surface area contributed by atoms with Crippen LogP contribution in [-0.2, 0) is 11.3 Å². The fraction of sp³-hybridized carbons (Fsp3) is 0.100. The van der Waals surface area contributed by atoms with Crippen molar-refractivity contribution in [1.82, 2.24) is 4.90 Å². The number of carbonyl (C=O) groups is 2. The van der Waals surface area contributed by atoms with Gasteiger partial charge in [-0.05, 0) is 28.5 Å². The molecule has 0 bridgehead atoms. The largest absolute Gasteiger partial charge is 0.415 e. The molecular weight excluding hydrogens is 316 g/mol. The Morgan fingerprint density at radius 1 is 1.08 bits per heavy atom. The maximum atomic E-state index is 12.3. The third-order valence-electron chi connectivity index (χ3n) is 3.86. The number of carbonyl (C=O) groups excluding carboxylic acids is 2. The van der Waals surface area contributed by atoms with Crippen LogP contribution in [0.1, 0.15) is 5.56 Å². The van der Waals surface area contributed by atoms with E-state index in [4.69, 9.17) is 4.74 Å². The number of hydrogen-bond acceptors (Lipinski definition) is 3. The molecule has 3 aromatic carbocycles. The summed E-state index contributed by atoms with van der Waals surface area (Å²) in [6, 6.07) is 20.8. The average Bonchev–Trinajstić information content (AvgIpc) is 2.62. The summed E-state index contributed by atoms with van der Waals surface area (Å²) < 4.78 is 5.38. The van der Waals surface area contributed by atoms with Crippen molar-refractivity contribution in [3.63, 3.8) is 0 Å². The van der Waals surface area contributed by atoms with Gasteiger partial charge in [-0.3, -0.25) is 4.79 Å². The molecule has 0 saturated heterocycles. The molecule has 0 radical (unpaired) electrons. The lowest BCUT2D eigenvalue weighted by molar-refractivity contribution is -0.105. The molecule has 0 unspecified atom stereocenters. The molecule has 0 saturated carbocycles. The first kappa shape index (κ1) is 16.5. The van der Waals surface area contributed by atoms with Gasteiger partial charge in [0.25, 0.3) is 0 Å². The summed E-state index contributed by atoms with van der Waals surface area (Å²) in [5.41, 5.74) is 1.62. The van der Waals surface area contributed by atoms with E-state index >= 15 is 0 Å². The Bertz CT molecular complexity index is 903. The molecule has 0 aliphatic carbocycles. The van der Waals surface area contributed by atoms with Gasteiger partial charge in [0.05, 0.1) is 0 Å². The number of amides is 2. The highest BCUT2D eigenvalue weighted by atomic mass is 16.6. The summed E-state index contributed by atoms with van der Waals surface area (Å²) >= 11 is 0. The second-order valence-electron chi connectivity index (χ2n) is 5.65. The minimum absolute atomic E-state index is 0.376. The average molecular weight is 334 g/mol. The Labute approximate surface area is 145 Å². The van der Waals surface area contributed by atoms with Gasteiger partial charge in [0.1, 0.15) is 5.75 Å². The zero-order valence-corrected chi connectivity index (χ0v) is 13.8. The zero-order chi connectivity index (χ0) is 17.6. The van der Waals surface area contributed by atoms with E-state index in [-0.39, 0.29) is 0 Å². The predicted molar refractivity (Wildman–Crippen MR) is 97.6 cm³/mol. The number of hydrogen-bond donors (Lipinski definition) is 1. The van der Waals surface area contributed by atoms with Crippen LogP contribution in [0.4, 0.5) is 10.5 Å². The second kappa shape index (κ2) is 7.49. The molecule has 0 aromatic heterocycles. The molecule has 0 spiro atoms. The van der Waals surface area contributed by atoms with Crippen molar-refractivity contribution in [1.29, 1.82) is 0 Å². The fourth-order valence-corrected chi connectivity index (χ4v) is 2.65.